The fourth-order valence-electron chi connectivity index (χ4n) is 1.39. The van der Waals surface area contributed by atoms with Crippen molar-refractivity contribution in [3.8, 4) is 0 Å². The van der Waals surface area contributed by atoms with Crippen LogP contribution in [0.4, 0.5) is 0 Å². The van der Waals surface area contributed by atoms with Crippen LogP contribution < -0.4 is 5.32 Å². The van der Waals surface area contributed by atoms with Crippen LogP contribution in [0.15, 0.2) is 18.5 Å². The molecule has 0 aromatic carbocycles. The van der Waals surface area contributed by atoms with Crippen molar-refractivity contribution in [2.45, 2.75) is 32.2 Å². The van der Waals surface area contributed by atoms with Gasteiger partial charge in [0.1, 0.15) is 0 Å². The predicted molar refractivity (Wildman–Crippen MR) is 60.8 cm³/mol. The van der Waals surface area contributed by atoms with Crippen molar-refractivity contribution in [2.75, 3.05) is 13.2 Å². The third-order valence-corrected chi connectivity index (χ3v) is 2.26. The molecular weight excluding hydrogens is 206 g/mol. The van der Waals surface area contributed by atoms with E-state index in [2.05, 4.69) is 10.4 Å². The number of aromatic nitrogens is 2. The maximum absolute atomic E-state index is 11.3. The highest BCUT2D eigenvalue weighted by atomic mass is 16.2. The van der Waals surface area contributed by atoms with Gasteiger partial charge in [-0.2, -0.15) is 5.10 Å². The first kappa shape index (κ1) is 12.7. The van der Waals surface area contributed by atoms with Crippen molar-refractivity contribution in [3.05, 3.63) is 18.5 Å². The second kappa shape index (κ2) is 7.87. The molecule has 1 rings (SSSR count). The minimum atomic E-state index is 0.0638. The molecule has 0 saturated carbocycles. The van der Waals surface area contributed by atoms with Gasteiger partial charge in [-0.1, -0.05) is 0 Å². The van der Waals surface area contributed by atoms with Crippen molar-refractivity contribution < 1.29 is 9.90 Å². The molecule has 2 N–H and O–H groups in total. The Morgan fingerprint density at radius 1 is 1.38 bits per heavy atom. The number of carbonyl (C=O) groups is 1. The monoisotopic (exact) mass is 225 g/mol. The zero-order valence-corrected chi connectivity index (χ0v) is 9.43. The summed E-state index contributed by atoms with van der Waals surface area (Å²) in [6.07, 6.45) is 6.48. The van der Waals surface area contributed by atoms with Gasteiger partial charge in [-0.05, 0) is 25.3 Å². The van der Waals surface area contributed by atoms with E-state index in [-0.39, 0.29) is 12.5 Å². The van der Waals surface area contributed by atoms with Gasteiger partial charge >= 0.3 is 0 Å². The standard InChI is InChI=1S/C11H19N3O2/c15-10-2-1-5-11(16)12-6-3-8-14-9-4-7-13-14/h4,7,9,15H,1-3,5-6,8,10H2,(H,12,16). The normalized spacial score (nSPS) is 10.3. The zero-order chi connectivity index (χ0) is 11.6. The Labute approximate surface area is 95.5 Å². The second-order valence-electron chi connectivity index (χ2n) is 3.65. The molecule has 0 aliphatic carbocycles. The van der Waals surface area contributed by atoms with Crippen LogP contribution in [0.5, 0.6) is 0 Å². The van der Waals surface area contributed by atoms with Crippen molar-refractivity contribution in [1.82, 2.24) is 15.1 Å². The Kier molecular flexibility index (Phi) is 6.25. The van der Waals surface area contributed by atoms with Gasteiger partial charge in [-0.25, -0.2) is 0 Å². The maximum atomic E-state index is 11.3. The summed E-state index contributed by atoms with van der Waals surface area (Å²) in [6.45, 7) is 1.66. The van der Waals surface area contributed by atoms with E-state index in [1.807, 2.05) is 16.9 Å². The smallest absolute Gasteiger partial charge is 0.219 e. The number of hydrogen-bond acceptors (Lipinski definition) is 3. The number of hydrogen-bond donors (Lipinski definition) is 2. The number of aliphatic hydroxyl groups is 1. The number of aliphatic hydroxyl groups excluding tert-OH is 1. The summed E-state index contributed by atoms with van der Waals surface area (Å²) < 4.78 is 1.85. The molecule has 1 aromatic rings. The summed E-state index contributed by atoms with van der Waals surface area (Å²) in [4.78, 5) is 11.3. The number of rotatable bonds is 8. The molecule has 0 unspecified atom stereocenters. The number of amides is 1. The molecule has 0 atom stereocenters. The molecule has 5 heteroatoms. The first-order valence-corrected chi connectivity index (χ1v) is 5.68. The third kappa shape index (κ3) is 5.50. The quantitative estimate of drug-likeness (QED) is 0.635. The fourth-order valence-corrected chi connectivity index (χ4v) is 1.39. The van der Waals surface area contributed by atoms with E-state index in [1.165, 1.54) is 0 Å². The number of aryl methyl sites for hydroxylation is 1. The SMILES string of the molecule is O=C(CCCCO)NCCCn1cccn1. The third-order valence-electron chi connectivity index (χ3n) is 2.26. The molecule has 90 valence electrons. The Balaban J connectivity index is 1.96. The molecule has 5 nitrogen and oxygen atoms in total. The lowest BCUT2D eigenvalue weighted by atomic mass is 10.2. The number of nitrogens with one attached hydrogen (secondary N) is 1. The van der Waals surface area contributed by atoms with E-state index in [0.717, 1.165) is 19.4 Å². The molecule has 0 spiro atoms. The van der Waals surface area contributed by atoms with Gasteiger partial charge in [-0.15, -0.1) is 0 Å². The van der Waals surface area contributed by atoms with Crippen molar-refractivity contribution in [1.29, 1.82) is 0 Å². The average molecular weight is 225 g/mol. The summed E-state index contributed by atoms with van der Waals surface area (Å²) in [5, 5.41) is 15.5. The first-order valence-electron chi connectivity index (χ1n) is 5.68. The highest BCUT2D eigenvalue weighted by Gasteiger charge is 1.99. The van der Waals surface area contributed by atoms with Crippen LogP contribution >= 0.6 is 0 Å². The second-order valence-corrected chi connectivity index (χ2v) is 3.65. The van der Waals surface area contributed by atoms with Crippen LogP contribution in [0.3, 0.4) is 0 Å². The average Bonchev–Trinajstić information content (AvgIpc) is 2.78. The molecule has 0 saturated heterocycles. The van der Waals surface area contributed by atoms with E-state index in [9.17, 15) is 4.79 Å². The number of carbonyl (C=O) groups excluding carboxylic acids is 1. The largest absolute Gasteiger partial charge is 0.396 e. The minimum absolute atomic E-state index is 0.0638. The summed E-state index contributed by atoms with van der Waals surface area (Å²) in [7, 11) is 0. The van der Waals surface area contributed by atoms with E-state index < -0.39 is 0 Å². The molecule has 16 heavy (non-hydrogen) atoms. The molecular formula is C11H19N3O2. The minimum Gasteiger partial charge on any atom is -0.396 e. The van der Waals surface area contributed by atoms with Crippen molar-refractivity contribution >= 4 is 5.91 Å². The maximum Gasteiger partial charge on any atom is 0.219 e. The van der Waals surface area contributed by atoms with Gasteiger partial charge in [-0.3, -0.25) is 9.48 Å². The lowest BCUT2D eigenvalue weighted by Gasteiger charge is -2.04. The molecule has 0 aliphatic heterocycles. The summed E-state index contributed by atoms with van der Waals surface area (Å²) in [5.74, 6) is 0.0638. The van der Waals surface area contributed by atoms with Gasteiger partial charge in [0.05, 0.1) is 0 Å². The van der Waals surface area contributed by atoms with Gasteiger partial charge in [0.2, 0.25) is 5.91 Å². The van der Waals surface area contributed by atoms with Crippen LogP contribution in [-0.4, -0.2) is 33.9 Å². The summed E-state index contributed by atoms with van der Waals surface area (Å²) in [5.41, 5.74) is 0. The van der Waals surface area contributed by atoms with Crippen LogP contribution in [0, 0.1) is 0 Å². The number of unbranched alkanes of at least 4 members (excludes halogenated alkanes) is 1. The fraction of sp³-hybridized carbons (Fsp3) is 0.636. The summed E-state index contributed by atoms with van der Waals surface area (Å²) in [6, 6.07) is 1.88. The van der Waals surface area contributed by atoms with E-state index in [0.29, 0.717) is 19.4 Å². The van der Waals surface area contributed by atoms with Gasteiger partial charge in [0.25, 0.3) is 0 Å². The Bertz CT molecular complexity index is 285. The van der Waals surface area contributed by atoms with Crippen LogP contribution in [0.1, 0.15) is 25.7 Å². The molecule has 0 fully saturated rings. The van der Waals surface area contributed by atoms with Crippen LogP contribution in [0.2, 0.25) is 0 Å². The van der Waals surface area contributed by atoms with Crippen LogP contribution in [0.25, 0.3) is 0 Å². The molecule has 0 radical (unpaired) electrons. The Hall–Kier alpha value is -1.36. The molecule has 1 heterocycles. The molecule has 0 bridgehead atoms. The van der Waals surface area contributed by atoms with Crippen molar-refractivity contribution in [2.24, 2.45) is 0 Å². The highest BCUT2D eigenvalue weighted by molar-refractivity contribution is 5.75. The molecule has 1 aromatic heterocycles. The van der Waals surface area contributed by atoms with Gasteiger partial charge in [0.15, 0.2) is 0 Å². The van der Waals surface area contributed by atoms with Gasteiger partial charge in [0, 0.05) is 38.5 Å². The summed E-state index contributed by atoms with van der Waals surface area (Å²) >= 11 is 0. The lowest BCUT2D eigenvalue weighted by Crippen LogP contribution is -2.25. The Morgan fingerprint density at radius 3 is 2.94 bits per heavy atom. The molecule has 1 amide bonds. The topological polar surface area (TPSA) is 67.2 Å². The van der Waals surface area contributed by atoms with Gasteiger partial charge < -0.3 is 10.4 Å². The lowest BCUT2D eigenvalue weighted by molar-refractivity contribution is -0.121. The number of nitrogens with zero attached hydrogens (tertiary/aromatic N) is 2. The van der Waals surface area contributed by atoms with E-state index >= 15 is 0 Å². The predicted octanol–water partition coefficient (Wildman–Crippen LogP) is 0.552. The van der Waals surface area contributed by atoms with E-state index in [1.54, 1.807) is 6.20 Å². The molecule has 0 aliphatic rings. The highest BCUT2D eigenvalue weighted by Crippen LogP contribution is 1.94. The van der Waals surface area contributed by atoms with Crippen molar-refractivity contribution in [3.63, 3.8) is 0 Å². The van der Waals surface area contributed by atoms with E-state index in [4.69, 9.17) is 5.11 Å². The van der Waals surface area contributed by atoms with Crippen LogP contribution in [-0.2, 0) is 11.3 Å². The first-order chi connectivity index (χ1) is 7.83. The Morgan fingerprint density at radius 2 is 2.25 bits per heavy atom. The zero-order valence-electron chi connectivity index (χ0n) is 9.43.